The third kappa shape index (κ3) is 4.48. The molecule has 4 heteroatoms. The normalized spacial score (nSPS) is 11.6. The van der Waals surface area contributed by atoms with Crippen molar-refractivity contribution in [1.29, 1.82) is 0 Å². The molecule has 1 heterocycles. The summed E-state index contributed by atoms with van der Waals surface area (Å²) < 4.78 is 7.00. The third-order valence-corrected chi connectivity index (χ3v) is 3.85. The molecule has 2 aromatic carbocycles. The lowest BCUT2D eigenvalue weighted by molar-refractivity contribution is 0.0544. The van der Waals surface area contributed by atoms with E-state index in [-0.39, 0.29) is 6.09 Å². The van der Waals surface area contributed by atoms with Gasteiger partial charge in [0.15, 0.2) is 0 Å². The molecule has 0 radical (unpaired) electrons. The van der Waals surface area contributed by atoms with Crippen LogP contribution >= 0.6 is 0 Å². The largest absolute Gasteiger partial charge is 0.443 e. The minimum absolute atomic E-state index is 0.350. The van der Waals surface area contributed by atoms with Gasteiger partial charge in [-0.15, -0.1) is 0 Å². The van der Waals surface area contributed by atoms with Crippen molar-refractivity contribution in [2.75, 3.05) is 0 Å². The number of rotatable bonds is 4. The van der Waals surface area contributed by atoms with Crippen LogP contribution in [0.1, 0.15) is 31.9 Å². The van der Waals surface area contributed by atoms with Crippen LogP contribution in [0.5, 0.6) is 0 Å². The van der Waals surface area contributed by atoms with E-state index in [0.29, 0.717) is 0 Å². The molecule has 3 rings (SSSR count). The van der Waals surface area contributed by atoms with Gasteiger partial charge >= 0.3 is 6.09 Å². The Morgan fingerprint density at radius 3 is 2.44 bits per heavy atom. The molecular formula is C21H24N2O2. The van der Waals surface area contributed by atoms with E-state index in [1.54, 1.807) is 10.8 Å². The molecule has 0 atom stereocenters. The van der Waals surface area contributed by atoms with E-state index in [1.807, 2.05) is 57.2 Å². The fourth-order valence-electron chi connectivity index (χ4n) is 2.72. The highest BCUT2D eigenvalue weighted by Crippen LogP contribution is 2.19. The van der Waals surface area contributed by atoms with E-state index in [2.05, 4.69) is 23.5 Å². The van der Waals surface area contributed by atoms with Crippen LogP contribution in [0.25, 0.3) is 10.9 Å². The molecule has 0 aliphatic rings. The lowest BCUT2D eigenvalue weighted by Crippen LogP contribution is -2.26. The van der Waals surface area contributed by atoms with Crippen LogP contribution in [0.15, 0.2) is 60.8 Å². The summed E-state index contributed by atoms with van der Waals surface area (Å²) in [4.78, 5) is 12.3. The van der Waals surface area contributed by atoms with Gasteiger partial charge in [0.2, 0.25) is 0 Å². The van der Waals surface area contributed by atoms with Crippen LogP contribution in [0.4, 0.5) is 4.79 Å². The number of ether oxygens (including phenoxy) is 1. The molecule has 130 valence electrons. The van der Waals surface area contributed by atoms with Gasteiger partial charge in [0.25, 0.3) is 0 Å². The van der Waals surface area contributed by atoms with E-state index in [1.165, 1.54) is 11.1 Å². The number of aromatic nitrogens is 1. The Morgan fingerprint density at radius 2 is 1.72 bits per heavy atom. The second kappa shape index (κ2) is 7.11. The van der Waals surface area contributed by atoms with Crippen LogP contribution in [0, 0.1) is 0 Å². The highest BCUT2D eigenvalue weighted by molar-refractivity contribution is 5.89. The Hall–Kier alpha value is -2.59. The van der Waals surface area contributed by atoms with Crippen LogP contribution < -0.4 is 5.32 Å². The summed E-state index contributed by atoms with van der Waals surface area (Å²) in [6.07, 6.45) is 1.41. The molecule has 0 spiro atoms. The number of hydrogen-bond donors (Lipinski definition) is 1. The molecule has 0 aliphatic carbocycles. The Bertz CT molecular complexity index is 860. The van der Waals surface area contributed by atoms with Crippen LogP contribution in [-0.2, 0) is 17.8 Å². The van der Waals surface area contributed by atoms with Gasteiger partial charge < -0.3 is 10.1 Å². The lowest BCUT2D eigenvalue weighted by Gasteiger charge is -2.19. The molecule has 0 amide bonds. The van der Waals surface area contributed by atoms with Gasteiger partial charge in [0.1, 0.15) is 5.60 Å². The maximum absolute atomic E-state index is 12.3. The smallest absolute Gasteiger partial charge is 0.418 e. The number of nitrogens with zero attached hydrogens (tertiary/aromatic N) is 1. The number of fused-ring (bicyclic) bond motifs is 1. The highest BCUT2D eigenvalue weighted by atomic mass is 16.6. The molecular weight excluding hydrogens is 312 g/mol. The molecule has 1 aromatic heterocycles. The van der Waals surface area contributed by atoms with Gasteiger partial charge in [-0.25, -0.2) is 4.79 Å². The maximum atomic E-state index is 12.3. The first-order valence-electron chi connectivity index (χ1n) is 8.50. The van der Waals surface area contributed by atoms with Crippen molar-refractivity contribution in [3.63, 3.8) is 0 Å². The molecule has 25 heavy (non-hydrogen) atoms. The zero-order chi connectivity index (χ0) is 17.9. The van der Waals surface area contributed by atoms with Gasteiger partial charge in [0, 0.05) is 24.7 Å². The number of carbonyl (C=O) groups is 1. The zero-order valence-electron chi connectivity index (χ0n) is 15.0. The van der Waals surface area contributed by atoms with E-state index >= 15 is 0 Å². The van der Waals surface area contributed by atoms with Crippen LogP contribution in [-0.4, -0.2) is 16.3 Å². The van der Waals surface area contributed by atoms with E-state index < -0.39 is 5.60 Å². The first-order chi connectivity index (χ1) is 11.9. The summed E-state index contributed by atoms with van der Waals surface area (Å²) in [6.45, 7) is 7.22. The monoisotopic (exact) mass is 336 g/mol. The molecule has 0 saturated heterocycles. The molecule has 3 aromatic rings. The van der Waals surface area contributed by atoms with Crippen LogP contribution in [0.2, 0.25) is 0 Å². The van der Waals surface area contributed by atoms with Gasteiger partial charge in [-0.2, -0.15) is 0 Å². The minimum atomic E-state index is -0.505. The summed E-state index contributed by atoms with van der Waals surface area (Å²) in [5, 5.41) is 4.48. The summed E-state index contributed by atoms with van der Waals surface area (Å²) in [5.41, 5.74) is 2.81. The van der Waals surface area contributed by atoms with Crippen molar-refractivity contribution >= 4 is 17.0 Å². The number of carbonyl (C=O) groups excluding carboxylic acids is 1. The van der Waals surface area contributed by atoms with Crippen molar-refractivity contribution < 1.29 is 9.53 Å². The quantitative estimate of drug-likeness (QED) is 0.750. The van der Waals surface area contributed by atoms with Gasteiger partial charge in [-0.3, -0.25) is 4.57 Å². The Labute approximate surface area is 148 Å². The first kappa shape index (κ1) is 17.2. The second-order valence-electron chi connectivity index (χ2n) is 7.15. The predicted molar refractivity (Wildman–Crippen MR) is 101 cm³/mol. The maximum Gasteiger partial charge on any atom is 0.418 e. The molecule has 0 unspecified atom stereocenters. The average molecular weight is 336 g/mol. The SMILES string of the molecule is CC(C)(C)OC(=O)n1ccc2cc(CNCc3ccccc3)ccc21. The van der Waals surface area contributed by atoms with Crippen molar-refractivity contribution in [2.24, 2.45) is 0 Å². The molecule has 0 saturated carbocycles. The Morgan fingerprint density at radius 1 is 1.00 bits per heavy atom. The van der Waals surface area contributed by atoms with Crippen molar-refractivity contribution in [1.82, 2.24) is 9.88 Å². The third-order valence-electron chi connectivity index (χ3n) is 3.85. The highest BCUT2D eigenvalue weighted by Gasteiger charge is 2.18. The van der Waals surface area contributed by atoms with E-state index in [0.717, 1.165) is 24.0 Å². The molecule has 0 aliphatic heterocycles. The average Bonchev–Trinajstić information content (AvgIpc) is 2.97. The number of nitrogens with one attached hydrogen (secondary N) is 1. The fraction of sp³-hybridized carbons (Fsp3) is 0.286. The molecule has 0 fully saturated rings. The minimum Gasteiger partial charge on any atom is -0.443 e. The predicted octanol–water partition coefficient (Wildman–Crippen LogP) is 4.71. The first-order valence-corrected chi connectivity index (χ1v) is 8.50. The zero-order valence-corrected chi connectivity index (χ0v) is 15.0. The van der Waals surface area contributed by atoms with Gasteiger partial charge in [-0.05, 0) is 50.1 Å². The fourth-order valence-corrected chi connectivity index (χ4v) is 2.72. The lowest BCUT2D eigenvalue weighted by atomic mass is 10.1. The summed E-state index contributed by atoms with van der Waals surface area (Å²) in [7, 11) is 0. The van der Waals surface area contributed by atoms with Crippen LogP contribution in [0.3, 0.4) is 0 Å². The summed E-state index contributed by atoms with van der Waals surface area (Å²) in [6, 6.07) is 18.4. The van der Waals surface area contributed by atoms with Gasteiger partial charge in [-0.1, -0.05) is 36.4 Å². The van der Waals surface area contributed by atoms with E-state index in [9.17, 15) is 4.79 Å². The van der Waals surface area contributed by atoms with Gasteiger partial charge in [0.05, 0.1) is 5.52 Å². The Kier molecular flexibility index (Phi) is 4.91. The summed E-state index contributed by atoms with van der Waals surface area (Å²) >= 11 is 0. The number of benzene rings is 2. The van der Waals surface area contributed by atoms with Crippen molar-refractivity contribution in [2.45, 2.75) is 39.5 Å². The summed E-state index contributed by atoms with van der Waals surface area (Å²) in [5.74, 6) is 0. The van der Waals surface area contributed by atoms with E-state index in [4.69, 9.17) is 4.74 Å². The second-order valence-corrected chi connectivity index (χ2v) is 7.15. The molecule has 0 bridgehead atoms. The molecule has 4 nitrogen and oxygen atoms in total. The van der Waals surface area contributed by atoms with Crippen molar-refractivity contribution in [3.8, 4) is 0 Å². The molecule has 1 N–H and O–H groups in total. The van der Waals surface area contributed by atoms with Crippen molar-refractivity contribution in [3.05, 3.63) is 71.9 Å². The topological polar surface area (TPSA) is 43.3 Å². The standard InChI is InChI=1S/C21H24N2O2/c1-21(2,3)25-20(24)23-12-11-18-13-17(9-10-19(18)23)15-22-14-16-7-5-4-6-8-16/h4-13,22H,14-15H2,1-3H3. The Balaban J connectivity index is 1.68. The number of hydrogen-bond acceptors (Lipinski definition) is 3.